The molecule has 0 unspecified atom stereocenters. The van der Waals surface area contributed by atoms with Gasteiger partial charge in [-0.2, -0.15) is 0 Å². The molecule has 0 atom stereocenters. The molecule has 0 aliphatic rings. The number of pyridine rings is 1. The Morgan fingerprint density at radius 2 is 2.00 bits per heavy atom. The summed E-state index contributed by atoms with van der Waals surface area (Å²) in [5.74, 6) is 0.556. The highest BCUT2D eigenvalue weighted by atomic mass is 32.1. The minimum Gasteiger partial charge on any atom is -0.390 e. The quantitative estimate of drug-likeness (QED) is 0.470. The van der Waals surface area contributed by atoms with Crippen molar-refractivity contribution >= 4 is 19.4 Å². The van der Waals surface area contributed by atoms with E-state index in [1.54, 1.807) is 23.4 Å². The molecule has 0 saturated heterocycles. The lowest BCUT2D eigenvalue weighted by atomic mass is 10.3. The monoisotopic (exact) mass is 389 g/mol. The number of ether oxygens (including phenoxy) is 1. The van der Waals surface area contributed by atoms with E-state index in [9.17, 15) is 5.11 Å². The van der Waals surface area contributed by atoms with Crippen molar-refractivity contribution < 1.29 is 9.84 Å². The molecule has 3 rings (SSSR count). The predicted molar refractivity (Wildman–Crippen MR) is 104 cm³/mol. The maximum Gasteiger partial charge on any atom is 0.193 e. The van der Waals surface area contributed by atoms with Gasteiger partial charge >= 0.3 is 0 Å². The van der Waals surface area contributed by atoms with Crippen LogP contribution in [0.3, 0.4) is 0 Å². The van der Waals surface area contributed by atoms with Crippen LogP contribution < -0.4 is 0 Å². The number of aromatic nitrogens is 5. The third-order valence-electron chi connectivity index (χ3n) is 3.73. The molecule has 0 amide bonds. The number of thiazole rings is 1. The van der Waals surface area contributed by atoms with Gasteiger partial charge in [-0.3, -0.25) is 4.98 Å². The Balaban J connectivity index is 1.71. The van der Waals surface area contributed by atoms with E-state index in [4.69, 9.17) is 4.74 Å². The van der Waals surface area contributed by atoms with Crippen LogP contribution in [0.15, 0.2) is 30.9 Å². The normalized spacial score (nSPS) is 11.8. The highest BCUT2D eigenvalue weighted by Gasteiger charge is 2.17. The van der Waals surface area contributed by atoms with Gasteiger partial charge < -0.3 is 9.84 Å². The molecule has 0 bridgehead atoms. The second-order valence-corrected chi connectivity index (χ2v) is 13.8. The maximum atomic E-state index is 9.64. The summed E-state index contributed by atoms with van der Waals surface area (Å²) in [5.41, 5.74) is 1.54. The molecule has 0 aliphatic heterocycles. The zero-order chi connectivity index (χ0) is 18.6. The minimum atomic E-state index is -1.09. The van der Waals surface area contributed by atoms with Crippen LogP contribution in [0, 0.1) is 0 Å². The summed E-state index contributed by atoms with van der Waals surface area (Å²) in [6.45, 7) is 7.93. The van der Waals surface area contributed by atoms with Crippen molar-refractivity contribution in [2.24, 2.45) is 0 Å². The first-order valence-corrected chi connectivity index (χ1v) is 13.0. The van der Waals surface area contributed by atoms with Crippen molar-refractivity contribution in [1.82, 2.24) is 24.7 Å². The lowest BCUT2D eigenvalue weighted by molar-refractivity contribution is 0.0785. The molecule has 3 aromatic heterocycles. The van der Waals surface area contributed by atoms with Crippen molar-refractivity contribution in [3.63, 3.8) is 0 Å². The average molecular weight is 390 g/mol. The molecular formula is C17H23N5O2SSi. The summed E-state index contributed by atoms with van der Waals surface area (Å²) in [4.78, 5) is 13.7. The van der Waals surface area contributed by atoms with Crippen LogP contribution >= 0.6 is 11.3 Å². The molecule has 0 radical (unpaired) electrons. The molecule has 0 spiro atoms. The van der Waals surface area contributed by atoms with E-state index in [0.717, 1.165) is 28.1 Å². The third-order valence-corrected chi connectivity index (χ3v) is 6.58. The molecule has 7 nitrogen and oxygen atoms in total. The molecule has 26 heavy (non-hydrogen) atoms. The van der Waals surface area contributed by atoms with E-state index in [2.05, 4.69) is 39.7 Å². The summed E-state index contributed by atoms with van der Waals surface area (Å²) in [6, 6.07) is 4.90. The summed E-state index contributed by atoms with van der Waals surface area (Å²) in [6.07, 6.45) is 5.09. The van der Waals surface area contributed by atoms with Gasteiger partial charge in [0.2, 0.25) is 0 Å². The zero-order valence-electron chi connectivity index (χ0n) is 15.2. The smallest absolute Gasteiger partial charge is 0.193 e. The van der Waals surface area contributed by atoms with Gasteiger partial charge in [0.1, 0.15) is 18.1 Å². The van der Waals surface area contributed by atoms with Crippen molar-refractivity contribution in [1.29, 1.82) is 0 Å². The van der Waals surface area contributed by atoms with Gasteiger partial charge in [-0.15, -0.1) is 16.4 Å². The number of hydrogen-bond acceptors (Lipinski definition) is 7. The number of rotatable bonds is 8. The molecule has 3 heterocycles. The largest absolute Gasteiger partial charge is 0.390 e. The maximum absolute atomic E-state index is 9.64. The number of aliphatic hydroxyl groups is 1. The van der Waals surface area contributed by atoms with Crippen molar-refractivity contribution in [2.75, 3.05) is 6.61 Å². The topological polar surface area (TPSA) is 86.0 Å². The van der Waals surface area contributed by atoms with E-state index in [1.807, 2.05) is 12.1 Å². The SMILES string of the molecule is C[Si](C)(C)CCOCn1cnc(-c2sc(-c3ccncc3)nc2CO)n1. The molecular weight excluding hydrogens is 366 g/mol. The Kier molecular flexibility index (Phi) is 5.92. The Labute approximate surface area is 157 Å². The summed E-state index contributed by atoms with van der Waals surface area (Å²) in [5, 5.41) is 14.9. The molecule has 3 aromatic rings. The van der Waals surface area contributed by atoms with Crippen LogP contribution in [0.5, 0.6) is 0 Å². The predicted octanol–water partition coefficient (Wildman–Crippen LogP) is 3.27. The number of nitrogens with zero attached hydrogens (tertiary/aromatic N) is 5. The molecule has 0 saturated carbocycles. The summed E-state index contributed by atoms with van der Waals surface area (Å²) < 4.78 is 7.38. The first kappa shape index (κ1) is 18.8. The van der Waals surface area contributed by atoms with Crippen LogP contribution in [-0.4, -0.2) is 44.5 Å². The Morgan fingerprint density at radius 1 is 1.23 bits per heavy atom. The van der Waals surface area contributed by atoms with Crippen LogP contribution in [0.2, 0.25) is 25.7 Å². The van der Waals surface area contributed by atoms with Crippen molar-refractivity contribution in [2.45, 2.75) is 39.0 Å². The Morgan fingerprint density at radius 3 is 2.69 bits per heavy atom. The lowest BCUT2D eigenvalue weighted by Gasteiger charge is -2.15. The number of hydrogen-bond donors (Lipinski definition) is 1. The fraction of sp³-hybridized carbons (Fsp3) is 0.412. The molecule has 0 fully saturated rings. The van der Waals surface area contributed by atoms with Gasteiger partial charge in [0.25, 0.3) is 0 Å². The number of aliphatic hydroxyl groups excluding tert-OH is 1. The van der Waals surface area contributed by atoms with Gasteiger partial charge in [-0.05, 0) is 18.2 Å². The highest BCUT2D eigenvalue weighted by Crippen LogP contribution is 2.33. The molecule has 1 N–H and O–H groups in total. The summed E-state index contributed by atoms with van der Waals surface area (Å²) >= 11 is 1.46. The third kappa shape index (κ3) is 4.82. The van der Waals surface area contributed by atoms with Crippen LogP contribution in [-0.2, 0) is 18.1 Å². The first-order valence-electron chi connectivity index (χ1n) is 8.45. The van der Waals surface area contributed by atoms with Crippen molar-refractivity contribution in [3.8, 4) is 21.3 Å². The Bertz CT molecular complexity index is 844. The summed E-state index contributed by atoms with van der Waals surface area (Å²) in [7, 11) is -1.09. The van der Waals surface area contributed by atoms with Crippen LogP contribution in [0.1, 0.15) is 5.69 Å². The van der Waals surface area contributed by atoms with E-state index >= 15 is 0 Å². The molecule has 0 aliphatic carbocycles. The van der Waals surface area contributed by atoms with Crippen LogP contribution in [0.4, 0.5) is 0 Å². The van der Waals surface area contributed by atoms with Gasteiger partial charge in [0, 0.05) is 32.6 Å². The van der Waals surface area contributed by atoms with Crippen molar-refractivity contribution in [3.05, 3.63) is 36.5 Å². The van der Waals surface area contributed by atoms with Gasteiger partial charge in [-0.25, -0.2) is 14.6 Å². The standard InChI is InChI=1S/C17H23N5O2SSi/c1-26(2,3)9-8-24-12-22-11-19-16(21-22)15-14(10-23)20-17(25-15)13-4-6-18-7-5-13/h4-7,11,23H,8-10,12H2,1-3H3. The second-order valence-electron chi connectivity index (χ2n) is 7.14. The zero-order valence-corrected chi connectivity index (χ0v) is 17.0. The van der Waals surface area contributed by atoms with E-state index in [-0.39, 0.29) is 6.61 Å². The first-order chi connectivity index (χ1) is 12.5. The van der Waals surface area contributed by atoms with Gasteiger partial charge in [0.15, 0.2) is 5.82 Å². The van der Waals surface area contributed by atoms with E-state index in [0.29, 0.717) is 18.2 Å². The van der Waals surface area contributed by atoms with Crippen LogP contribution in [0.25, 0.3) is 21.3 Å². The molecule has 9 heteroatoms. The molecule has 138 valence electrons. The van der Waals surface area contributed by atoms with E-state index in [1.165, 1.54) is 11.3 Å². The van der Waals surface area contributed by atoms with E-state index < -0.39 is 8.07 Å². The fourth-order valence-corrected chi connectivity index (χ4v) is 4.02. The minimum absolute atomic E-state index is 0.155. The highest BCUT2D eigenvalue weighted by molar-refractivity contribution is 7.18. The van der Waals surface area contributed by atoms with Gasteiger partial charge in [0.05, 0.1) is 17.2 Å². The fourth-order valence-electron chi connectivity index (χ4n) is 2.25. The molecule has 0 aromatic carbocycles. The lowest BCUT2D eigenvalue weighted by Crippen LogP contribution is -2.22. The second kappa shape index (κ2) is 8.17. The Hall–Kier alpha value is -1.94. The van der Waals surface area contributed by atoms with Gasteiger partial charge in [-0.1, -0.05) is 19.6 Å². The average Bonchev–Trinajstić information content (AvgIpc) is 3.25.